The molecule has 216 valence electrons. The van der Waals surface area contributed by atoms with Crippen LogP contribution in [0.3, 0.4) is 0 Å². The molecule has 1 aromatic rings. The van der Waals surface area contributed by atoms with Crippen molar-refractivity contribution in [1.82, 2.24) is 14.7 Å². The Hall–Kier alpha value is -2.34. The monoisotopic (exact) mass is 571 g/mol. The van der Waals surface area contributed by atoms with Crippen molar-refractivity contribution >= 4 is 21.8 Å². The maximum absolute atomic E-state index is 12.9. The average Bonchev–Trinajstić information content (AvgIpc) is 3.19. The van der Waals surface area contributed by atoms with E-state index >= 15 is 0 Å². The summed E-state index contributed by atoms with van der Waals surface area (Å²) in [6, 6.07) is 5.26. The molecular weight excluding hydrogens is 535 g/mol. The Morgan fingerprint density at radius 1 is 0.974 bits per heavy atom. The normalized spacial score (nSPS) is 27.5. The van der Waals surface area contributed by atoms with E-state index in [2.05, 4.69) is 4.90 Å². The van der Waals surface area contributed by atoms with Crippen molar-refractivity contribution in [3.8, 4) is 0 Å². The lowest BCUT2D eigenvalue weighted by molar-refractivity contribution is -0.138. The second-order valence-electron chi connectivity index (χ2n) is 11.6. The van der Waals surface area contributed by atoms with Crippen molar-refractivity contribution in [3.05, 3.63) is 35.4 Å². The summed E-state index contributed by atoms with van der Waals surface area (Å²) in [5.41, 5.74) is -0.347. The minimum atomic E-state index is -4.34. The van der Waals surface area contributed by atoms with Gasteiger partial charge in [-0.15, -0.1) is 0 Å². The summed E-state index contributed by atoms with van der Waals surface area (Å²) in [6.07, 6.45) is -0.0738. The maximum Gasteiger partial charge on any atom is 0.416 e. The highest BCUT2D eigenvalue weighted by molar-refractivity contribution is 7.91. The summed E-state index contributed by atoms with van der Waals surface area (Å²) in [4.78, 5) is 31.3. The smallest absolute Gasteiger partial charge is 0.416 e. The Labute approximate surface area is 227 Å². The molecule has 1 aliphatic carbocycles. The third-order valence-corrected chi connectivity index (χ3v) is 10.4. The molecule has 4 fully saturated rings. The summed E-state index contributed by atoms with van der Waals surface area (Å²) in [7, 11) is -3.02. The fourth-order valence-electron chi connectivity index (χ4n) is 6.36. The first-order valence-corrected chi connectivity index (χ1v) is 15.6. The van der Waals surface area contributed by atoms with Gasteiger partial charge >= 0.3 is 12.3 Å². The summed E-state index contributed by atoms with van der Waals surface area (Å²) in [6.45, 7) is 3.68. The molecule has 3 aliphatic heterocycles. The van der Waals surface area contributed by atoms with Crippen molar-refractivity contribution in [3.63, 3.8) is 0 Å². The number of hydrogen-bond donors (Lipinski definition) is 0. The van der Waals surface area contributed by atoms with Gasteiger partial charge < -0.3 is 14.5 Å². The molecular formula is C27H36F3N3O5S. The number of likely N-dealkylation sites (tertiary alicyclic amines) is 1. The topological polar surface area (TPSA) is 87.2 Å². The van der Waals surface area contributed by atoms with Crippen molar-refractivity contribution in [2.45, 2.75) is 56.8 Å². The first kappa shape index (κ1) is 28.2. The standard InChI is InChI=1S/C27H36F3N3O5S/c28-27(29,30)23-7-3-20(4-8-23)17-31-11-9-26(10-12-31)19-33(25(35)38-26)18-21-1-5-22(6-2-21)24(34)32-13-15-39(36,37)16-14-32/h3-4,7-8,21-22H,1-2,5-6,9-19H2. The van der Waals surface area contributed by atoms with E-state index in [9.17, 15) is 31.2 Å². The zero-order chi connectivity index (χ0) is 27.8. The molecule has 1 aromatic carbocycles. The maximum atomic E-state index is 12.9. The molecule has 39 heavy (non-hydrogen) atoms. The minimum absolute atomic E-state index is 0.0414. The SMILES string of the molecule is O=C1OC2(CCN(Cc3ccc(C(F)(F)F)cc3)CC2)CN1CC1CCC(C(=O)N2CCS(=O)(=O)CC2)CC1. The van der Waals surface area contributed by atoms with Crippen LogP contribution in [0.2, 0.25) is 0 Å². The molecule has 12 heteroatoms. The summed E-state index contributed by atoms with van der Waals surface area (Å²) >= 11 is 0. The molecule has 0 atom stereocenters. The molecule has 1 spiro atoms. The van der Waals surface area contributed by atoms with Crippen LogP contribution in [0, 0.1) is 11.8 Å². The van der Waals surface area contributed by atoms with Gasteiger partial charge in [0.05, 0.1) is 23.6 Å². The zero-order valence-corrected chi connectivity index (χ0v) is 22.8. The van der Waals surface area contributed by atoms with E-state index in [1.165, 1.54) is 12.1 Å². The highest BCUT2D eigenvalue weighted by atomic mass is 32.2. The Kier molecular flexibility index (Phi) is 7.89. The van der Waals surface area contributed by atoms with Gasteiger partial charge in [0, 0.05) is 58.0 Å². The number of rotatable bonds is 5. The Morgan fingerprint density at radius 3 is 2.18 bits per heavy atom. The van der Waals surface area contributed by atoms with Crippen LogP contribution in [0.25, 0.3) is 0 Å². The first-order valence-electron chi connectivity index (χ1n) is 13.8. The number of halogens is 3. The molecule has 0 aromatic heterocycles. The van der Waals surface area contributed by atoms with Crippen molar-refractivity contribution in [1.29, 1.82) is 0 Å². The molecule has 4 aliphatic rings. The van der Waals surface area contributed by atoms with Gasteiger partial charge in [-0.2, -0.15) is 13.2 Å². The molecule has 5 rings (SSSR count). The lowest BCUT2D eigenvalue weighted by atomic mass is 9.81. The number of carbonyl (C=O) groups excluding carboxylic acids is 2. The second-order valence-corrected chi connectivity index (χ2v) is 13.9. The summed E-state index contributed by atoms with van der Waals surface area (Å²) in [5, 5.41) is 0. The molecule has 8 nitrogen and oxygen atoms in total. The first-order chi connectivity index (χ1) is 18.4. The number of nitrogens with zero attached hydrogens (tertiary/aromatic N) is 3. The molecule has 0 unspecified atom stereocenters. The zero-order valence-electron chi connectivity index (χ0n) is 22.0. The predicted molar refractivity (Wildman–Crippen MR) is 137 cm³/mol. The molecule has 1 saturated carbocycles. The van der Waals surface area contributed by atoms with Gasteiger partial charge in [-0.25, -0.2) is 13.2 Å². The van der Waals surface area contributed by atoms with E-state index in [1.54, 1.807) is 9.80 Å². The van der Waals surface area contributed by atoms with Crippen LogP contribution >= 0.6 is 0 Å². The molecule has 0 radical (unpaired) electrons. The minimum Gasteiger partial charge on any atom is -0.441 e. The molecule has 2 amide bonds. The van der Waals surface area contributed by atoms with Crippen molar-refractivity contribution in [2.75, 3.05) is 50.8 Å². The van der Waals surface area contributed by atoms with E-state index in [-0.39, 0.29) is 42.5 Å². The van der Waals surface area contributed by atoms with Crippen LogP contribution < -0.4 is 0 Å². The second kappa shape index (κ2) is 10.9. The number of piperidine rings is 1. The fraction of sp³-hybridized carbons (Fsp3) is 0.704. The van der Waals surface area contributed by atoms with Gasteiger partial charge in [-0.1, -0.05) is 12.1 Å². The largest absolute Gasteiger partial charge is 0.441 e. The van der Waals surface area contributed by atoms with Crippen LogP contribution in [-0.4, -0.2) is 91.5 Å². The van der Waals surface area contributed by atoms with E-state index in [1.807, 2.05) is 0 Å². The Balaban J connectivity index is 1.06. The van der Waals surface area contributed by atoms with E-state index in [4.69, 9.17) is 4.74 Å². The highest BCUT2D eigenvalue weighted by Gasteiger charge is 2.47. The van der Waals surface area contributed by atoms with Gasteiger partial charge in [0.15, 0.2) is 9.84 Å². The molecule has 0 N–H and O–H groups in total. The number of alkyl halides is 3. The van der Waals surface area contributed by atoms with Gasteiger partial charge in [0.25, 0.3) is 0 Å². The third kappa shape index (κ3) is 6.70. The number of ether oxygens (including phenoxy) is 1. The number of hydrogen-bond acceptors (Lipinski definition) is 6. The quantitative estimate of drug-likeness (QED) is 0.537. The van der Waals surface area contributed by atoms with E-state index in [0.717, 1.165) is 43.4 Å². The van der Waals surface area contributed by atoms with Crippen LogP contribution in [0.4, 0.5) is 18.0 Å². The van der Waals surface area contributed by atoms with Gasteiger partial charge in [-0.3, -0.25) is 9.69 Å². The van der Waals surface area contributed by atoms with Gasteiger partial charge in [0.2, 0.25) is 5.91 Å². The van der Waals surface area contributed by atoms with Crippen LogP contribution in [0.5, 0.6) is 0 Å². The number of amides is 2. The highest BCUT2D eigenvalue weighted by Crippen LogP contribution is 2.37. The third-order valence-electron chi connectivity index (χ3n) is 8.83. The molecule has 0 bridgehead atoms. The van der Waals surface area contributed by atoms with Gasteiger partial charge in [-0.05, 0) is 49.3 Å². The Bertz CT molecular complexity index is 1140. The summed E-state index contributed by atoms with van der Waals surface area (Å²) in [5.74, 6) is 0.372. The van der Waals surface area contributed by atoms with E-state index < -0.39 is 27.2 Å². The average molecular weight is 572 g/mol. The fourth-order valence-corrected chi connectivity index (χ4v) is 7.57. The van der Waals surface area contributed by atoms with Crippen molar-refractivity contribution < 1.29 is 35.9 Å². The Morgan fingerprint density at radius 2 is 1.59 bits per heavy atom. The van der Waals surface area contributed by atoms with Crippen molar-refractivity contribution in [2.24, 2.45) is 11.8 Å². The van der Waals surface area contributed by atoms with Crippen LogP contribution in [-0.2, 0) is 32.1 Å². The number of sulfone groups is 1. The van der Waals surface area contributed by atoms with E-state index in [0.29, 0.717) is 51.5 Å². The lowest BCUT2D eigenvalue weighted by Crippen LogP contribution is -2.47. The summed E-state index contributed by atoms with van der Waals surface area (Å²) < 4.78 is 67.6. The number of carbonyl (C=O) groups is 2. The van der Waals surface area contributed by atoms with Gasteiger partial charge in [0.1, 0.15) is 5.60 Å². The lowest BCUT2D eigenvalue weighted by Gasteiger charge is -2.37. The number of benzene rings is 1. The molecule has 3 heterocycles. The van der Waals surface area contributed by atoms with Crippen LogP contribution in [0.15, 0.2) is 24.3 Å². The molecule has 3 saturated heterocycles. The van der Waals surface area contributed by atoms with Crippen LogP contribution in [0.1, 0.15) is 49.7 Å². The predicted octanol–water partition coefficient (Wildman–Crippen LogP) is 3.56.